The standard InChI is InChI=1S/C23H32FN3O5/c1-3-13(2)26-17-5-4-10-32-19(17)11-14-6-7-15-16(21(14)24)12-27(23(15)31)18(22(25)30)8-9-20(28)29/h6-7,13,17-19,26H,3-5,8-12H2,1-2H3,(H2,25,30)(H,28,29)/t13?,17-,18?,19+/m0/s1. The molecular formula is C23H32FN3O5. The lowest BCUT2D eigenvalue weighted by atomic mass is 9.93. The first-order chi connectivity index (χ1) is 15.2. The average molecular weight is 450 g/mol. The normalized spacial score (nSPS) is 22.5. The van der Waals surface area contributed by atoms with Crippen LogP contribution in [-0.2, 0) is 27.3 Å². The van der Waals surface area contributed by atoms with Gasteiger partial charge in [0.05, 0.1) is 12.6 Å². The van der Waals surface area contributed by atoms with Crippen molar-refractivity contribution in [2.75, 3.05) is 6.61 Å². The van der Waals surface area contributed by atoms with Gasteiger partial charge < -0.3 is 25.8 Å². The van der Waals surface area contributed by atoms with Gasteiger partial charge in [0.15, 0.2) is 0 Å². The van der Waals surface area contributed by atoms with Crippen LogP contribution in [0.3, 0.4) is 0 Å². The first-order valence-corrected chi connectivity index (χ1v) is 11.2. The topological polar surface area (TPSA) is 122 Å². The van der Waals surface area contributed by atoms with E-state index in [1.54, 1.807) is 12.1 Å². The number of carboxylic acid groups (broad SMARTS) is 1. The second-order valence-corrected chi connectivity index (χ2v) is 8.69. The number of rotatable bonds is 10. The Bertz CT molecular complexity index is 877. The molecule has 0 aromatic heterocycles. The molecule has 2 aliphatic rings. The molecule has 1 aromatic rings. The number of ether oxygens (including phenoxy) is 1. The first-order valence-electron chi connectivity index (χ1n) is 11.2. The van der Waals surface area contributed by atoms with Crippen LogP contribution in [0.2, 0.25) is 0 Å². The van der Waals surface area contributed by atoms with Gasteiger partial charge in [-0.2, -0.15) is 0 Å². The van der Waals surface area contributed by atoms with E-state index in [1.807, 2.05) is 0 Å². The molecule has 8 nitrogen and oxygen atoms in total. The van der Waals surface area contributed by atoms with Crippen LogP contribution in [0.15, 0.2) is 12.1 Å². The fourth-order valence-electron chi connectivity index (χ4n) is 4.47. The van der Waals surface area contributed by atoms with E-state index in [4.69, 9.17) is 15.6 Å². The van der Waals surface area contributed by atoms with E-state index in [-0.39, 0.29) is 42.7 Å². The first kappa shape index (κ1) is 24.1. The zero-order valence-electron chi connectivity index (χ0n) is 18.6. The number of benzene rings is 1. The van der Waals surface area contributed by atoms with Crippen molar-refractivity contribution in [3.8, 4) is 0 Å². The van der Waals surface area contributed by atoms with Crippen molar-refractivity contribution < 1.29 is 28.6 Å². The minimum absolute atomic E-state index is 0.110. The van der Waals surface area contributed by atoms with Crippen molar-refractivity contribution in [2.45, 2.75) is 83.1 Å². The molecule has 1 aromatic carbocycles. The van der Waals surface area contributed by atoms with Crippen molar-refractivity contribution >= 4 is 17.8 Å². The molecule has 0 saturated carbocycles. The summed E-state index contributed by atoms with van der Waals surface area (Å²) in [4.78, 5) is 36.8. The molecule has 0 bridgehead atoms. The summed E-state index contributed by atoms with van der Waals surface area (Å²) in [6, 6.07) is 2.53. The Hall–Kier alpha value is -2.52. The van der Waals surface area contributed by atoms with E-state index < -0.39 is 29.6 Å². The molecule has 4 N–H and O–H groups in total. The third-order valence-electron chi connectivity index (χ3n) is 6.45. The van der Waals surface area contributed by atoms with Gasteiger partial charge in [0, 0.05) is 42.7 Å². The molecule has 1 fully saturated rings. The van der Waals surface area contributed by atoms with E-state index in [0.717, 1.165) is 19.3 Å². The van der Waals surface area contributed by atoms with Crippen LogP contribution < -0.4 is 11.1 Å². The number of primary amides is 1. The van der Waals surface area contributed by atoms with E-state index in [9.17, 15) is 14.4 Å². The van der Waals surface area contributed by atoms with Gasteiger partial charge in [-0.15, -0.1) is 0 Å². The number of carboxylic acids is 1. The zero-order chi connectivity index (χ0) is 23.4. The number of halogens is 1. The molecule has 0 spiro atoms. The number of hydrogen-bond acceptors (Lipinski definition) is 5. The Morgan fingerprint density at radius 3 is 2.81 bits per heavy atom. The zero-order valence-corrected chi connectivity index (χ0v) is 18.6. The van der Waals surface area contributed by atoms with Crippen LogP contribution in [0, 0.1) is 5.82 Å². The average Bonchev–Trinajstić information content (AvgIpc) is 3.08. The molecule has 0 radical (unpaired) electrons. The number of fused-ring (bicyclic) bond motifs is 1. The summed E-state index contributed by atoms with van der Waals surface area (Å²) in [5.41, 5.74) is 6.28. The maximum atomic E-state index is 15.4. The summed E-state index contributed by atoms with van der Waals surface area (Å²) in [5.74, 6) is -2.88. The van der Waals surface area contributed by atoms with Crippen molar-refractivity contribution in [1.82, 2.24) is 10.2 Å². The van der Waals surface area contributed by atoms with Gasteiger partial charge in [-0.3, -0.25) is 14.4 Å². The summed E-state index contributed by atoms with van der Waals surface area (Å²) in [6.07, 6.45) is 2.66. The van der Waals surface area contributed by atoms with Crippen molar-refractivity contribution in [1.29, 1.82) is 0 Å². The van der Waals surface area contributed by atoms with Crippen LogP contribution in [0.5, 0.6) is 0 Å². The number of nitrogens with one attached hydrogen (secondary N) is 1. The molecule has 32 heavy (non-hydrogen) atoms. The molecule has 2 unspecified atom stereocenters. The largest absolute Gasteiger partial charge is 0.481 e. The molecule has 2 heterocycles. The fourth-order valence-corrected chi connectivity index (χ4v) is 4.47. The second-order valence-electron chi connectivity index (χ2n) is 8.69. The molecule has 2 amide bonds. The number of hydrogen-bond donors (Lipinski definition) is 3. The van der Waals surface area contributed by atoms with Gasteiger partial charge in [0.25, 0.3) is 5.91 Å². The number of amides is 2. The van der Waals surface area contributed by atoms with Crippen LogP contribution >= 0.6 is 0 Å². The number of carbonyl (C=O) groups is 3. The van der Waals surface area contributed by atoms with E-state index in [0.29, 0.717) is 24.6 Å². The fraction of sp³-hybridized carbons (Fsp3) is 0.609. The Labute approximate surface area is 187 Å². The third-order valence-corrected chi connectivity index (χ3v) is 6.45. The molecule has 3 rings (SSSR count). The highest BCUT2D eigenvalue weighted by atomic mass is 19.1. The van der Waals surface area contributed by atoms with E-state index in [1.165, 1.54) is 4.90 Å². The Balaban J connectivity index is 1.79. The molecule has 9 heteroatoms. The lowest BCUT2D eigenvalue weighted by Crippen LogP contribution is -2.48. The van der Waals surface area contributed by atoms with Gasteiger partial charge in [0.1, 0.15) is 11.9 Å². The van der Waals surface area contributed by atoms with Crippen molar-refractivity contribution in [3.05, 3.63) is 34.6 Å². The van der Waals surface area contributed by atoms with Crippen LogP contribution in [0.25, 0.3) is 0 Å². The Kier molecular flexibility index (Phi) is 7.84. The van der Waals surface area contributed by atoms with Crippen molar-refractivity contribution in [3.63, 3.8) is 0 Å². The molecule has 0 aliphatic carbocycles. The summed E-state index contributed by atoms with van der Waals surface area (Å²) in [7, 11) is 0. The van der Waals surface area contributed by atoms with Crippen molar-refractivity contribution in [2.24, 2.45) is 5.73 Å². The third kappa shape index (κ3) is 5.27. The van der Waals surface area contributed by atoms with Crippen LogP contribution in [0.4, 0.5) is 4.39 Å². The quantitative estimate of drug-likeness (QED) is 0.502. The number of aliphatic carboxylic acids is 1. The Morgan fingerprint density at radius 1 is 1.41 bits per heavy atom. The predicted molar refractivity (Wildman–Crippen MR) is 115 cm³/mol. The highest BCUT2D eigenvalue weighted by Gasteiger charge is 2.38. The number of nitrogens with zero attached hydrogens (tertiary/aromatic N) is 1. The van der Waals surface area contributed by atoms with Gasteiger partial charge >= 0.3 is 5.97 Å². The van der Waals surface area contributed by atoms with Crippen LogP contribution in [0.1, 0.15) is 67.4 Å². The SMILES string of the molecule is CCC(C)N[C@H]1CCCO[C@@H]1Cc1ccc2c(c1F)CN(C(CCC(=O)O)C(N)=O)C2=O. The minimum atomic E-state index is -1.10. The molecule has 4 atom stereocenters. The maximum absolute atomic E-state index is 15.4. The van der Waals surface area contributed by atoms with Gasteiger partial charge in [-0.05, 0) is 44.2 Å². The summed E-state index contributed by atoms with van der Waals surface area (Å²) < 4.78 is 21.4. The minimum Gasteiger partial charge on any atom is -0.481 e. The summed E-state index contributed by atoms with van der Waals surface area (Å²) >= 11 is 0. The van der Waals surface area contributed by atoms with Crippen LogP contribution in [-0.4, -0.2) is 58.6 Å². The molecule has 2 aliphatic heterocycles. The lowest BCUT2D eigenvalue weighted by Gasteiger charge is -2.34. The summed E-state index contributed by atoms with van der Waals surface area (Å²) in [5, 5.41) is 12.5. The lowest BCUT2D eigenvalue weighted by molar-refractivity contribution is -0.137. The van der Waals surface area contributed by atoms with Gasteiger partial charge in [-0.25, -0.2) is 4.39 Å². The van der Waals surface area contributed by atoms with Gasteiger partial charge in [-0.1, -0.05) is 13.0 Å². The summed E-state index contributed by atoms with van der Waals surface area (Å²) in [6.45, 7) is 4.74. The van der Waals surface area contributed by atoms with E-state index in [2.05, 4.69) is 19.2 Å². The number of carbonyl (C=O) groups excluding carboxylic acids is 2. The Morgan fingerprint density at radius 2 is 2.16 bits per heavy atom. The molecular weight excluding hydrogens is 417 g/mol. The highest BCUT2D eigenvalue weighted by Crippen LogP contribution is 2.31. The second kappa shape index (κ2) is 10.4. The monoisotopic (exact) mass is 449 g/mol. The maximum Gasteiger partial charge on any atom is 0.303 e. The number of nitrogens with two attached hydrogens (primary N) is 1. The van der Waals surface area contributed by atoms with E-state index >= 15 is 4.39 Å². The highest BCUT2D eigenvalue weighted by molar-refractivity contribution is 6.01. The van der Waals surface area contributed by atoms with Gasteiger partial charge in [0.2, 0.25) is 5.91 Å². The predicted octanol–water partition coefficient (Wildman–Crippen LogP) is 1.98. The molecule has 1 saturated heterocycles. The smallest absolute Gasteiger partial charge is 0.303 e. The molecule has 176 valence electrons.